The molecular formula is C19H14N2O. The summed E-state index contributed by atoms with van der Waals surface area (Å²) in [7, 11) is 0. The number of carbonyl (C=O) groups excluding carboxylic acids is 1. The summed E-state index contributed by atoms with van der Waals surface area (Å²) < 4.78 is 0. The van der Waals surface area contributed by atoms with Gasteiger partial charge in [0.2, 0.25) is 0 Å². The number of rotatable bonds is 4. The van der Waals surface area contributed by atoms with E-state index < -0.39 is 0 Å². The van der Waals surface area contributed by atoms with E-state index >= 15 is 0 Å². The van der Waals surface area contributed by atoms with Gasteiger partial charge in [-0.25, -0.2) is 0 Å². The number of hydrogen-bond donors (Lipinski definition) is 0. The molecule has 3 nitrogen and oxygen atoms in total. The maximum absolute atomic E-state index is 12.6. The first-order valence-corrected chi connectivity index (χ1v) is 7.00. The maximum Gasteiger partial charge on any atom is 0.195 e. The lowest BCUT2D eigenvalue weighted by Gasteiger charge is -2.04. The molecule has 3 rings (SSSR count). The van der Waals surface area contributed by atoms with Crippen LogP contribution < -0.4 is 0 Å². The molecule has 0 aliphatic rings. The van der Waals surface area contributed by atoms with Gasteiger partial charge in [-0.3, -0.25) is 4.79 Å². The predicted octanol–water partition coefficient (Wildman–Crippen LogP) is 5.33. The van der Waals surface area contributed by atoms with Gasteiger partial charge >= 0.3 is 0 Å². The number of azo groups is 1. The molecule has 0 heterocycles. The molecule has 0 radical (unpaired) electrons. The van der Waals surface area contributed by atoms with Gasteiger partial charge in [0, 0.05) is 5.56 Å². The van der Waals surface area contributed by atoms with Crippen molar-refractivity contribution in [1.82, 2.24) is 0 Å². The van der Waals surface area contributed by atoms with Crippen LogP contribution in [0.25, 0.3) is 0 Å². The first kappa shape index (κ1) is 13.9. The van der Waals surface area contributed by atoms with Gasteiger partial charge < -0.3 is 0 Å². The summed E-state index contributed by atoms with van der Waals surface area (Å²) >= 11 is 0. The number of ketones is 1. The standard InChI is InChI=1S/C19H14N2O/c22-19(15-9-3-1-4-10-15)17-13-7-8-14-18(17)21-20-16-11-5-2-6-12-16/h1-14H/b21-20+. The van der Waals surface area contributed by atoms with E-state index in [1.165, 1.54) is 0 Å². The molecule has 0 aliphatic heterocycles. The van der Waals surface area contributed by atoms with Crippen LogP contribution in [-0.2, 0) is 0 Å². The van der Waals surface area contributed by atoms with Crippen molar-refractivity contribution in [3.8, 4) is 0 Å². The van der Waals surface area contributed by atoms with Crippen LogP contribution in [0.1, 0.15) is 15.9 Å². The second-order valence-electron chi connectivity index (χ2n) is 4.75. The van der Waals surface area contributed by atoms with Gasteiger partial charge in [-0.2, -0.15) is 5.11 Å². The van der Waals surface area contributed by atoms with Gasteiger partial charge in [0.05, 0.1) is 16.9 Å². The van der Waals surface area contributed by atoms with Gasteiger partial charge in [-0.05, 0) is 24.3 Å². The van der Waals surface area contributed by atoms with E-state index in [0.717, 1.165) is 5.69 Å². The van der Waals surface area contributed by atoms with Gasteiger partial charge in [0.25, 0.3) is 0 Å². The van der Waals surface area contributed by atoms with Crippen LogP contribution in [0.15, 0.2) is 95.2 Å². The lowest BCUT2D eigenvalue weighted by molar-refractivity contribution is 0.103. The molecular weight excluding hydrogens is 272 g/mol. The van der Waals surface area contributed by atoms with Crippen molar-refractivity contribution in [3.63, 3.8) is 0 Å². The molecule has 0 unspecified atom stereocenters. The van der Waals surface area contributed by atoms with E-state index in [2.05, 4.69) is 10.2 Å². The Hall–Kier alpha value is -3.07. The summed E-state index contributed by atoms with van der Waals surface area (Å²) in [6.07, 6.45) is 0. The van der Waals surface area contributed by atoms with Gasteiger partial charge in [0.1, 0.15) is 0 Å². The fourth-order valence-corrected chi connectivity index (χ4v) is 2.10. The fourth-order valence-electron chi connectivity index (χ4n) is 2.10. The van der Waals surface area contributed by atoms with Crippen molar-refractivity contribution in [2.75, 3.05) is 0 Å². The van der Waals surface area contributed by atoms with Crippen LogP contribution in [0.3, 0.4) is 0 Å². The zero-order valence-electron chi connectivity index (χ0n) is 11.9. The minimum absolute atomic E-state index is 0.0526. The lowest BCUT2D eigenvalue weighted by Crippen LogP contribution is -2.00. The molecule has 0 saturated heterocycles. The van der Waals surface area contributed by atoms with Crippen LogP contribution in [0, 0.1) is 0 Å². The van der Waals surface area contributed by atoms with Crippen molar-refractivity contribution in [2.24, 2.45) is 10.2 Å². The quantitative estimate of drug-likeness (QED) is 0.472. The molecule has 0 bridgehead atoms. The third kappa shape index (κ3) is 3.15. The molecule has 0 saturated carbocycles. The zero-order valence-corrected chi connectivity index (χ0v) is 11.9. The molecule has 0 amide bonds. The third-order valence-corrected chi connectivity index (χ3v) is 3.21. The smallest absolute Gasteiger partial charge is 0.195 e. The van der Waals surface area contributed by atoms with Crippen LogP contribution in [0.2, 0.25) is 0 Å². The van der Waals surface area contributed by atoms with Crippen molar-refractivity contribution in [2.45, 2.75) is 0 Å². The highest BCUT2D eigenvalue weighted by atomic mass is 16.1. The van der Waals surface area contributed by atoms with Gasteiger partial charge in [-0.1, -0.05) is 60.7 Å². The maximum atomic E-state index is 12.6. The van der Waals surface area contributed by atoms with Crippen LogP contribution in [0.5, 0.6) is 0 Å². The fraction of sp³-hybridized carbons (Fsp3) is 0. The highest BCUT2D eigenvalue weighted by Gasteiger charge is 2.12. The molecule has 0 aromatic heterocycles. The van der Waals surface area contributed by atoms with Crippen molar-refractivity contribution in [1.29, 1.82) is 0 Å². The molecule has 106 valence electrons. The number of carbonyl (C=O) groups is 1. The summed E-state index contributed by atoms with van der Waals surface area (Å²) in [6.45, 7) is 0. The van der Waals surface area contributed by atoms with E-state index in [0.29, 0.717) is 16.8 Å². The second kappa shape index (κ2) is 6.59. The van der Waals surface area contributed by atoms with E-state index in [1.54, 1.807) is 24.3 Å². The minimum atomic E-state index is -0.0526. The minimum Gasteiger partial charge on any atom is -0.289 e. The topological polar surface area (TPSA) is 41.8 Å². The Morgan fingerprint density at radius 3 is 1.95 bits per heavy atom. The Morgan fingerprint density at radius 1 is 0.636 bits per heavy atom. The predicted molar refractivity (Wildman–Crippen MR) is 86.9 cm³/mol. The summed E-state index contributed by atoms with van der Waals surface area (Å²) in [5.74, 6) is -0.0526. The molecule has 22 heavy (non-hydrogen) atoms. The van der Waals surface area contributed by atoms with Crippen molar-refractivity contribution in [3.05, 3.63) is 96.1 Å². The largest absolute Gasteiger partial charge is 0.289 e. The van der Waals surface area contributed by atoms with Gasteiger partial charge in [0.15, 0.2) is 5.78 Å². The van der Waals surface area contributed by atoms with Crippen LogP contribution in [0.4, 0.5) is 11.4 Å². The lowest BCUT2D eigenvalue weighted by atomic mass is 10.0. The average molecular weight is 286 g/mol. The van der Waals surface area contributed by atoms with Crippen LogP contribution in [-0.4, -0.2) is 5.78 Å². The number of benzene rings is 3. The summed E-state index contributed by atoms with van der Waals surface area (Å²) in [5.41, 5.74) is 2.52. The number of hydrogen-bond acceptors (Lipinski definition) is 3. The van der Waals surface area contributed by atoms with Gasteiger partial charge in [-0.15, -0.1) is 5.11 Å². The highest BCUT2D eigenvalue weighted by molar-refractivity contribution is 6.11. The molecule has 0 aliphatic carbocycles. The third-order valence-electron chi connectivity index (χ3n) is 3.21. The Balaban J connectivity index is 1.94. The monoisotopic (exact) mass is 286 g/mol. The molecule has 3 aromatic rings. The first-order valence-electron chi connectivity index (χ1n) is 7.00. The SMILES string of the molecule is O=C(c1ccccc1)c1ccccc1/N=N/c1ccccc1. The first-order chi connectivity index (χ1) is 10.8. The Kier molecular flexibility index (Phi) is 4.16. The normalized spacial score (nSPS) is 10.7. The van der Waals surface area contributed by atoms with Crippen molar-refractivity contribution < 1.29 is 4.79 Å². The molecule has 0 fully saturated rings. The summed E-state index contributed by atoms with van der Waals surface area (Å²) in [4.78, 5) is 12.6. The molecule has 0 spiro atoms. The zero-order chi connectivity index (χ0) is 15.2. The molecule has 0 atom stereocenters. The number of nitrogens with zero attached hydrogens (tertiary/aromatic N) is 2. The van der Waals surface area contributed by atoms with Crippen LogP contribution >= 0.6 is 0 Å². The highest BCUT2D eigenvalue weighted by Crippen LogP contribution is 2.24. The van der Waals surface area contributed by atoms with E-state index in [1.807, 2.05) is 60.7 Å². The van der Waals surface area contributed by atoms with E-state index in [-0.39, 0.29) is 5.78 Å². The van der Waals surface area contributed by atoms with Crippen molar-refractivity contribution >= 4 is 17.2 Å². The average Bonchev–Trinajstić information content (AvgIpc) is 2.61. The second-order valence-corrected chi connectivity index (χ2v) is 4.75. The van der Waals surface area contributed by atoms with E-state index in [9.17, 15) is 4.79 Å². The molecule has 3 heteroatoms. The summed E-state index contributed by atoms with van der Waals surface area (Å²) in [6, 6.07) is 25.9. The Morgan fingerprint density at radius 2 is 1.23 bits per heavy atom. The Bertz CT molecular complexity index is 796. The molecule has 3 aromatic carbocycles. The molecule has 0 N–H and O–H groups in total. The summed E-state index contributed by atoms with van der Waals surface area (Å²) in [5, 5.41) is 8.41. The Labute approximate surface area is 129 Å². The van der Waals surface area contributed by atoms with E-state index in [4.69, 9.17) is 0 Å².